The minimum Gasteiger partial charge on any atom is -0.467 e. The molecule has 1 atom stereocenters. The van der Waals surface area contributed by atoms with Crippen molar-refractivity contribution in [3.8, 4) is 0 Å². The fraction of sp³-hybridized carbons (Fsp3) is 0.400. The minimum absolute atomic E-state index is 0.258. The molecule has 5 nitrogen and oxygen atoms in total. The molecule has 0 amide bonds. The highest BCUT2D eigenvalue weighted by Gasteiger charge is 2.12. The van der Waals surface area contributed by atoms with E-state index >= 15 is 0 Å². The van der Waals surface area contributed by atoms with Crippen LogP contribution in [0.3, 0.4) is 0 Å². The van der Waals surface area contributed by atoms with Crippen LogP contribution < -0.4 is 5.32 Å². The highest BCUT2D eigenvalue weighted by molar-refractivity contribution is 9.11. The van der Waals surface area contributed by atoms with Gasteiger partial charge < -0.3 is 19.7 Å². The molecule has 0 radical (unpaired) electrons. The Balaban J connectivity index is 1.99. The largest absolute Gasteiger partial charge is 0.467 e. The first-order valence-corrected chi connectivity index (χ1v) is 8.66. The van der Waals surface area contributed by atoms with Crippen LogP contribution in [0, 0.1) is 0 Å². The molecule has 0 fully saturated rings. The van der Waals surface area contributed by atoms with E-state index in [0.29, 0.717) is 5.76 Å². The molecule has 0 aliphatic carbocycles. The summed E-state index contributed by atoms with van der Waals surface area (Å²) in [6, 6.07) is 7.64. The first-order valence-electron chi connectivity index (χ1n) is 7.05. The van der Waals surface area contributed by atoms with Gasteiger partial charge in [-0.2, -0.15) is 0 Å². The second kappa shape index (κ2) is 8.36. The number of guanidine groups is 1. The van der Waals surface area contributed by atoms with Crippen molar-refractivity contribution in [2.45, 2.75) is 19.6 Å². The van der Waals surface area contributed by atoms with Gasteiger partial charge in [-0.3, -0.25) is 0 Å². The molecule has 2 aromatic rings. The van der Waals surface area contributed by atoms with Crippen molar-refractivity contribution in [3.05, 3.63) is 45.0 Å². The van der Waals surface area contributed by atoms with E-state index in [1.807, 2.05) is 24.9 Å². The summed E-state index contributed by atoms with van der Waals surface area (Å²) >= 11 is 5.17. The third-order valence-corrected chi connectivity index (χ3v) is 4.61. The van der Waals surface area contributed by atoms with Crippen LogP contribution in [0.5, 0.6) is 0 Å². The molecule has 0 aromatic carbocycles. The number of rotatable bonds is 6. The van der Waals surface area contributed by atoms with E-state index < -0.39 is 6.10 Å². The Kier molecular flexibility index (Phi) is 6.48. The van der Waals surface area contributed by atoms with E-state index in [2.05, 4.69) is 32.3 Å². The zero-order valence-corrected chi connectivity index (χ0v) is 15.0. The topological polar surface area (TPSA) is 61.0 Å². The normalized spacial score (nSPS) is 13.2. The quantitative estimate of drug-likeness (QED) is 0.591. The smallest absolute Gasteiger partial charge is 0.194 e. The molecule has 0 aliphatic rings. The van der Waals surface area contributed by atoms with Crippen LogP contribution in [0.2, 0.25) is 0 Å². The van der Waals surface area contributed by atoms with Gasteiger partial charge in [0.2, 0.25) is 0 Å². The van der Waals surface area contributed by atoms with E-state index in [1.54, 1.807) is 29.7 Å². The Hall–Kier alpha value is -1.31. The summed E-state index contributed by atoms with van der Waals surface area (Å²) in [6.45, 7) is 3.81. The molecule has 2 heterocycles. The number of furan rings is 1. The molecule has 0 bridgehead atoms. The summed E-state index contributed by atoms with van der Waals surface area (Å²) in [5.74, 6) is 1.29. The van der Waals surface area contributed by atoms with Gasteiger partial charge in [-0.15, -0.1) is 11.3 Å². The molecule has 22 heavy (non-hydrogen) atoms. The van der Waals surface area contributed by atoms with Gasteiger partial charge in [-0.25, -0.2) is 4.99 Å². The van der Waals surface area contributed by atoms with Gasteiger partial charge in [0, 0.05) is 18.5 Å². The zero-order chi connectivity index (χ0) is 15.9. The second-order valence-electron chi connectivity index (χ2n) is 4.79. The number of aliphatic hydroxyl groups excluding tert-OH is 1. The van der Waals surface area contributed by atoms with Crippen molar-refractivity contribution in [1.82, 2.24) is 10.2 Å². The molecule has 2 aromatic heterocycles. The van der Waals surface area contributed by atoms with Crippen LogP contribution in [0.4, 0.5) is 0 Å². The number of thiophene rings is 1. The predicted octanol–water partition coefficient (Wildman–Crippen LogP) is 3.23. The van der Waals surface area contributed by atoms with Crippen molar-refractivity contribution in [2.75, 3.05) is 20.1 Å². The SMILES string of the molecule is CCNC(=NCC(O)c1ccco1)N(C)Cc1ccc(Br)s1. The lowest BCUT2D eigenvalue weighted by molar-refractivity contribution is 0.158. The molecule has 0 aliphatic heterocycles. The van der Waals surface area contributed by atoms with Crippen LogP contribution in [-0.2, 0) is 6.54 Å². The number of nitrogens with zero attached hydrogens (tertiary/aromatic N) is 2. The number of halogens is 1. The van der Waals surface area contributed by atoms with Crippen LogP contribution in [0.25, 0.3) is 0 Å². The fourth-order valence-electron chi connectivity index (χ4n) is 1.96. The molecular formula is C15H20BrN3O2S. The molecule has 1 unspecified atom stereocenters. The lowest BCUT2D eigenvalue weighted by atomic mass is 10.3. The maximum atomic E-state index is 10.1. The molecule has 0 saturated heterocycles. The van der Waals surface area contributed by atoms with Crippen LogP contribution in [0.15, 0.2) is 43.7 Å². The maximum Gasteiger partial charge on any atom is 0.194 e. The van der Waals surface area contributed by atoms with Gasteiger partial charge in [-0.05, 0) is 47.1 Å². The van der Waals surface area contributed by atoms with Gasteiger partial charge in [0.25, 0.3) is 0 Å². The highest BCUT2D eigenvalue weighted by atomic mass is 79.9. The summed E-state index contributed by atoms with van der Waals surface area (Å²) in [5.41, 5.74) is 0. The number of hydrogen-bond donors (Lipinski definition) is 2. The zero-order valence-electron chi connectivity index (χ0n) is 12.6. The number of nitrogens with one attached hydrogen (secondary N) is 1. The van der Waals surface area contributed by atoms with Crippen molar-refractivity contribution in [2.24, 2.45) is 4.99 Å². The predicted molar refractivity (Wildman–Crippen MR) is 93.1 cm³/mol. The van der Waals surface area contributed by atoms with Crippen LogP contribution in [-0.4, -0.2) is 36.1 Å². The average molecular weight is 386 g/mol. The Bertz CT molecular complexity index is 598. The molecular weight excluding hydrogens is 366 g/mol. The van der Waals surface area contributed by atoms with Crippen molar-refractivity contribution >= 4 is 33.2 Å². The monoisotopic (exact) mass is 385 g/mol. The van der Waals surface area contributed by atoms with Gasteiger partial charge >= 0.3 is 0 Å². The lowest BCUT2D eigenvalue weighted by Crippen LogP contribution is -2.38. The molecule has 120 valence electrons. The van der Waals surface area contributed by atoms with Crippen molar-refractivity contribution < 1.29 is 9.52 Å². The first kappa shape index (κ1) is 17.1. The van der Waals surface area contributed by atoms with Crippen LogP contribution >= 0.6 is 27.3 Å². The second-order valence-corrected chi connectivity index (χ2v) is 7.34. The molecule has 7 heteroatoms. The van der Waals surface area contributed by atoms with Gasteiger partial charge in [0.15, 0.2) is 5.96 Å². The molecule has 0 spiro atoms. The summed E-state index contributed by atoms with van der Waals surface area (Å²) in [6.07, 6.45) is 0.821. The Morgan fingerprint density at radius 1 is 1.50 bits per heavy atom. The molecule has 2 N–H and O–H groups in total. The van der Waals surface area contributed by atoms with Crippen LogP contribution in [0.1, 0.15) is 23.7 Å². The maximum absolute atomic E-state index is 10.1. The summed E-state index contributed by atoms with van der Waals surface area (Å²) in [4.78, 5) is 7.77. The number of aliphatic imine (C=N–C) groups is 1. The Morgan fingerprint density at radius 2 is 2.32 bits per heavy atom. The van der Waals surface area contributed by atoms with E-state index in [0.717, 1.165) is 22.8 Å². The third-order valence-electron chi connectivity index (χ3n) is 3.00. The standard InChI is InChI=1S/C15H20BrN3O2S/c1-3-17-15(18-9-12(20)13-5-4-8-21-13)19(2)10-11-6-7-14(16)22-11/h4-8,12,20H,3,9-10H2,1-2H3,(H,17,18). The van der Waals surface area contributed by atoms with Gasteiger partial charge in [-0.1, -0.05) is 0 Å². The first-order chi connectivity index (χ1) is 10.6. The Labute approximate surface area is 142 Å². The highest BCUT2D eigenvalue weighted by Crippen LogP contribution is 2.23. The third kappa shape index (κ3) is 4.86. The van der Waals surface area contributed by atoms with E-state index in [9.17, 15) is 5.11 Å². The fourth-order valence-corrected chi connectivity index (χ4v) is 3.50. The molecule has 0 saturated carbocycles. The van der Waals surface area contributed by atoms with Gasteiger partial charge in [0.1, 0.15) is 11.9 Å². The number of hydrogen-bond acceptors (Lipinski definition) is 4. The van der Waals surface area contributed by atoms with Gasteiger partial charge in [0.05, 0.1) is 23.1 Å². The van der Waals surface area contributed by atoms with E-state index in [1.165, 1.54) is 4.88 Å². The van der Waals surface area contributed by atoms with Crippen molar-refractivity contribution in [3.63, 3.8) is 0 Å². The molecule has 2 rings (SSSR count). The average Bonchev–Trinajstić information content (AvgIpc) is 3.14. The Morgan fingerprint density at radius 3 is 2.91 bits per heavy atom. The lowest BCUT2D eigenvalue weighted by Gasteiger charge is -2.21. The van der Waals surface area contributed by atoms with E-state index in [4.69, 9.17) is 4.42 Å². The number of aliphatic hydroxyl groups is 1. The van der Waals surface area contributed by atoms with E-state index in [-0.39, 0.29) is 6.54 Å². The summed E-state index contributed by atoms with van der Waals surface area (Å²) in [5, 5.41) is 13.3. The summed E-state index contributed by atoms with van der Waals surface area (Å²) < 4.78 is 6.31. The summed E-state index contributed by atoms with van der Waals surface area (Å²) in [7, 11) is 1.98. The van der Waals surface area contributed by atoms with Crippen molar-refractivity contribution in [1.29, 1.82) is 0 Å². The minimum atomic E-state index is -0.729.